The van der Waals surface area contributed by atoms with Gasteiger partial charge < -0.3 is 10.1 Å². The summed E-state index contributed by atoms with van der Waals surface area (Å²) >= 11 is 3.36. The van der Waals surface area contributed by atoms with E-state index in [4.69, 9.17) is 4.74 Å². The van der Waals surface area contributed by atoms with E-state index in [0.29, 0.717) is 6.42 Å². The smallest absolute Gasteiger partial charge is 0.329 e. The van der Waals surface area contributed by atoms with Crippen LogP contribution in [0.1, 0.15) is 33.3 Å². The van der Waals surface area contributed by atoms with Crippen molar-refractivity contribution < 1.29 is 14.3 Å². The molecule has 0 fully saturated rings. The van der Waals surface area contributed by atoms with Crippen molar-refractivity contribution in [1.82, 2.24) is 5.32 Å². The summed E-state index contributed by atoms with van der Waals surface area (Å²) in [6, 6.07) is 6.93. The summed E-state index contributed by atoms with van der Waals surface area (Å²) in [6.07, 6.45) is 0.405. The van der Waals surface area contributed by atoms with Crippen molar-refractivity contribution in [2.45, 2.75) is 45.8 Å². The van der Waals surface area contributed by atoms with E-state index in [1.165, 1.54) is 6.92 Å². The molecule has 1 amide bonds. The second-order valence-electron chi connectivity index (χ2n) is 5.62. The lowest BCUT2D eigenvalue weighted by Gasteiger charge is -2.24. The normalized spacial score (nSPS) is 12.7. The Hall–Kier alpha value is -1.36. The topological polar surface area (TPSA) is 55.4 Å². The van der Waals surface area contributed by atoms with E-state index in [-0.39, 0.29) is 5.91 Å². The molecule has 0 radical (unpaired) electrons. The number of benzene rings is 1. The number of hydrogen-bond acceptors (Lipinski definition) is 3. The lowest BCUT2D eigenvalue weighted by atomic mass is 10.1. The number of halogens is 1. The van der Waals surface area contributed by atoms with Gasteiger partial charge in [0.2, 0.25) is 5.91 Å². The minimum absolute atomic E-state index is 0.252. The summed E-state index contributed by atoms with van der Waals surface area (Å²) in [6.45, 7) is 6.79. The van der Waals surface area contributed by atoms with Gasteiger partial charge in [-0.05, 0) is 38.5 Å². The Labute approximate surface area is 128 Å². The van der Waals surface area contributed by atoms with E-state index in [2.05, 4.69) is 21.2 Å². The molecule has 0 aliphatic rings. The van der Waals surface area contributed by atoms with Crippen LogP contribution in [-0.4, -0.2) is 23.5 Å². The number of ether oxygens (including phenoxy) is 1. The van der Waals surface area contributed by atoms with Crippen LogP contribution in [0.15, 0.2) is 28.7 Å². The van der Waals surface area contributed by atoms with Crippen LogP contribution in [0.5, 0.6) is 0 Å². The fraction of sp³-hybridized carbons (Fsp3) is 0.467. The first-order chi connectivity index (χ1) is 9.17. The van der Waals surface area contributed by atoms with Gasteiger partial charge >= 0.3 is 5.97 Å². The molecule has 1 atom stereocenters. The summed E-state index contributed by atoms with van der Waals surface area (Å²) < 4.78 is 6.30. The van der Waals surface area contributed by atoms with Gasteiger partial charge in [0.25, 0.3) is 0 Å². The third-order valence-electron chi connectivity index (χ3n) is 2.42. The van der Waals surface area contributed by atoms with Crippen molar-refractivity contribution >= 4 is 27.8 Å². The Morgan fingerprint density at radius 1 is 1.25 bits per heavy atom. The van der Waals surface area contributed by atoms with Crippen LogP contribution >= 0.6 is 15.9 Å². The fourth-order valence-electron chi connectivity index (χ4n) is 1.67. The Kier molecular flexibility index (Phi) is 5.74. The quantitative estimate of drug-likeness (QED) is 0.856. The number of hydrogen-bond donors (Lipinski definition) is 1. The molecule has 0 heterocycles. The van der Waals surface area contributed by atoms with Crippen LogP contribution in [0.4, 0.5) is 0 Å². The molecule has 0 unspecified atom stereocenters. The molecule has 0 aromatic heterocycles. The molecule has 0 spiro atoms. The average molecular weight is 342 g/mol. The lowest BCUT2D eigenvalue weighted by Crippen LogP contribution is -2.44. The number of nitrogens with one attached hydrogen (secondary N) is 1. The maximum absolute atomic E-state index is 12.1. The summed E-state index contributed by atoms with van der Waals surface area (Å²) in [5.74, 6) is -0.673. The first-order valence-corrected chi connectivity index (χ1v) is 7.21. The van der Waals surface area contributed by atoms with Crippen LogP contribution in [0.2, 0.25) is 0 Å². The highest BCUT2D eigenvalue weighted by Gasteiger charge is 2.26. The standard InChI is InChI=1S/C15H20BrNO3/c1-10(18)17-13(14(19)20-15(2,3)4)9-11-5-7-12(16)8-6-11/h5-8,13H,9H2,1-4H3,(H,17,18)/t13-/m0/s1. The summed E-state index contributed by atoms with van der Waals surface area (Å²) in [5, 5.41) is 2.64. The first-order valence-electron chi connectivity index (χ1n) is 6.42. The highest BCUT2D eigenvalue weighted by Crippen LogP contribution is 2.14. The molecule has 0 saturated carbocycles. The Bertz CT molecular complexity index is 477. The molecule has 20 heavy (non-hydrogen) atoms. The van der Waals surface area contributed by atoms with E-state index in [9.17, 15) is 9.59 Å². The predicted octanol–water partition coefficient (Wildman–Crippen LogP) is 2.84. The van der Waals surface area contributed by atoms with Crippen molar-refractivity contribution in [1.29, 1.82) is 0 Å². The summed E-state index contributed by atoms with van der Waals surface area (Å²) in [7, 11) is 0. The molecule has 0 bridgehead atoms. The van der Waals surface area contributed by atoms with Gasteiger partial charge in [0, 0.05) is 17.8 Å². The van der Waals surface area contributed by atoms with Crippen molar-refractivity contribution in [3.63, 3.8) is 0 Å². The lowest BCUT2D eigenvalue weighted by molar-refractivity contribution is -0.158. The van der Waals surface area contributed by atoms with E-state index in [0.717, 1.165) is 10.0 Å². The average Bonchev–Trinajstić information content (AvgIpc) is 2.28. The molecule has 1 rings (SSSR count). The molecule has 0 aliphatic carbocycles. The summed E-state index contributed by atoms with van der Waals surface area (Å²) in [5.41, 5.74) is 0.380. The van der Waals surface area contributed by atoms with Crippen LogP contribution in [-0.2, 0) is 20.7 Å². The Morgan fingerprint density at radius 2 is 1.80 bits per heavy atom. The van der Waals surface area contributed by atoms with Crippen LogP contribution in [0.25, 0.3) is 0 Å². The largest absolute Gasteiger partial charge is 0.458 e. The van der Waals surface area contributed by atoms with Crippen molar-refractivity contribution in [3.05, 3.63) is 34.3 Å². The molecule has 4 nitrogen and oxygen atoms in total. The van der Waals surface area contributed by atoms with Gasteiger partial charge in [-0.15, -0.1) is 0 Å². The van der Waals surface area contributed by atoms with E-state index < -0.39 is 17.6 Å². The second-order valence-corrected chi connectivity index (χ2v) is 6.53. The molecule has 110 valence electrons. The van der Waals surface area contributed by atoms with Crippen LogP contribution in [0.3, 0.4) is 0 Å². The molecule has 0 aliphatic heterocycles. The number of carbonyl (C=O) groups is 2. The number of esters is 1. The fourth-order valence-corrected chi connectivity index (χ4v) is 1.93. The molecular weight excluding hydrogens is 322 g/mol. The molecule has 1 N–H and O–H groups in total. The number of carbonyl (C=O) groups excluding carboxylic acids is 2. The van der Waals surface area contributed by atoms with Gasteiger partial charge in [-0.3, -0.25) is 4.79 Å². The van der Waals surface area contributed by atoms with Crippen LogP contribution < -0.4 is 5.32 Å². The van der Waals surface area contributed by atoms with Crippen molar-refractivity contribution in [2.24, 2.45) is 0 Å². The van der Waals surface area contributed by atoms with Gasteiger partial charge in [0.15, 0.2) is 0 Å². The van der Waals surface area contributed by atoms with Gasteiger partial charge in [0.05, 0.1) is 0 Å². The molecule has 0 saturated heterocycles. The maximum atomic E-state index is 12.1. The van der Waals surface area contributed by atoms with Gasteiger partial charge in [-0.25, -0.2) is 4.79 Å². The molecule has 5 heteroatoms. The van der Waals surface area contributed by atoms with E-state index >= 15 is 0 Å². The van der Waals surface area contributed by atoms with Crippen molar-refractivity contribution in [3.8, 4) is 0 Å². The Balaban J connectivity index is 2.81. The van der Waals surface area contributed by atoms with Gasteiger partial charge in [0.1, 0.15) is 11.6 Å². The van der Waals surface area contributed by atoms with E-state index in [1.807, 2.05) is 24.3 Å². The predicted molar refractivity (Wildman–Crippen MR) is 81.3 cm³/mol. The second kappa shape index (κ2) is 6.88. The molecular formula is C15H20BrNO3. The number of amides is 1. The minimum atomic E-state index is -0.673. The zero-order valence-corrected chi connectivity index (χ0v) is 13.8. The highest BCUT2D eigenvalue weighted by atomic mass is 79.9. The minimum Gasteiger partial charge on any atom is -0.458 e. The molecule has 1 aromatic carbocycles. The van der Waals surface area contributed by atoms with Crippen LogP contribution in [0, 0.1) is 0 Å². The third-order valence-corrected chi connectivity index (χ3v) is 2.95. The SMILES string of the molecule is CC(=O)N[C@@H](Cc1ccc(Br)cc1)C(=O)OC(C)(C)C. The zero-order chi connectivity index (χ0) is 15.3. The third kappa shape index (κ3) is 6.19. The monoisotopic (exact) mass is 341 g/mol. The van der Waals surface area contributed by atoms with Crippen molar-refractivity contribution in [2.75, 3.05) is 0 Å². The van der Waals surface area contributed by atoms with E-state index in [1.54, 1.807) is 20.8 Å². The zero-order valence-electron chi connectivity index (χ0n) is 12.2. The highest BCUT2D eigenvalue weighted by molar-refractivity contribution is 9.10. The maximum Gasteiger partial charge on any atom is 0.329 e. The number of rotatable bonds is 4. The van der Waals surface area contributed by atoms with Gasteiger partial charge in [-0.1, -0.05) is 28.1 Å². The molecule has 1 aromatic rings. The Morgan fingerprint density at radius 3 is 2.25 bits per heavy atom. The van der Waals surface area contributed by atoms with Gasteiger partial charge in [-0.2, -0.15) is 0 Å². The first kappa shape index (κ1) is 16.7. The summed E-state index contributed by atoms with van der Waals surface area (Å²) in [4.78, 5) is 23.4.